The van der Waals surface area contributed by atoms with Gasteiger partial charge < -0.3 is 20.5 Å². The highest BCUT2D eigenvalue weighted by Crippen LogP contribution is 2.19. The molecule has 0 aromatic heterocycles. The molecule has 0 heterocycles. The second-order valence-corrected chi connectivity index (χ2v) is 4.61. The quantitative estimate of drug-likeness (QED) is 0.612. The van der Waals surface area contributed by atoms with Gasteiger partial charge in [-0.2, -0.15) is 0 Å². The Morgan fingerprint density at radius 2 is 2.00 bits per heavy atom. The molecule has 6 heteroatoms. The van der Waals surface area contributed by atoms with E-state index in [1.807, 2.05) is 13.8 Å². The minimum atomic E-state index is -0.930. The zero-order chi connectivity index (χ0) is 14.2. The maximum absolute atomic E-state index is 11.5. The normalized spacial score (nSPS) is 15.6. The SMILES string of the molecule is CCOCC(C)NC(=O)NCC(C)(CC)C(=O)O. The van der Waals surface area contributed by atoms with E-state index in [4.69, 9.17) is 9.84 Å². The highest BCUT2D eigenvalue weighted by Gasteiger charge is 2.31. The third-order valence-electron chi connectivity index (χ3n) is 2.89. The van der Waals surface area contributed by atoms with Crippen LogP contribution in [0.4, 0.5) is 4.79 Å². The number of carbonyl (C=O) groups is 2. The van der Waals surface area contributed by atoms with Gasteiger partial charge in [-0.15, -0.1) is 0 Å². The lowest BCUT2D eigenvalue weighted by molar-refractivity contribution is -0.147. The Morgan fingerprint density at radius 1 is 1.39 bits per heavy atom. The molecule has 0 aromatic rings. The zero-order valence-electron chi connectivity index (χ0n) is 11.6. The molecule has 0 saturated carbocycles. The van der Waals surface area contributed by atoms with Crippen molar-refractivity contribution in [3.8, 4) is 0 Å². The third-order valence-corrected chi connectivity index (χ3v) is 2.89. The first-order chi connectivity index (χ1) is 8.35. The molecule has 0 saturated heterocycles. The van der Waals surface area contributed by atoms with E-state index in [1.165, 1.54) is 0 Å². The van der Waals surface area contributed by atoms with Crippen LogP contribution in [0.25, 0.3) is 0 Å². The summed E-state index contributed by atoms with van der Waals surface area (Å²) >= 11 is 0. The second kappa shape index (κ2) is 7.92. The number of carbonyl (C=O) groups excluding carboxylic acids is 1. The van der Waals surface area contributed by atoms with Crippen molar-refractivity contribution in [1.29, 1.82) is 0 Å². The number of amides is 2. The average molecular weight is 260 g/mol. The van der Waals surface area contributed by atoms with Crippen LogP contribution < -0.4 is 10.6 Å². The van der Waals surface area contributed by atoms with Crippen molar-refractivity contribution in [3.63, 3.8) is 0 Å². The molecule has 2 atom stereocenters. The Balaban J connectivity index is 4.06. The topological polar surface area (TPSA) is 87.7 Å². The van der Waals surface area contributed by atoms with Gasteiger partial charge in [0.15, 0.2) is 0 Å². The molecule has 0 aliphatic heterocycles. The van der Waals surface area contributed by atoms with Crippen molar-refractivity contribution in [2.45, 2.75) is 40.2 Å². The Bertz CT molecular complexity index is 283. The zero-order valence-corrected chi connectivity index (χ0v) is 11.6. The first-order valence-corrected chi connectivity index (χ1v) is 6.21. The molecule has 106 valence electrons. The fourth-order valence-electron chi connectivity index (χ4n) is 1.24. The van der Waals surface area contributed by atoms with Gasteiger partial charge in [-0.05, 0) is 27.2 Å². The number of urea groups is 1. The molecule has 2 unspecified atom stereocenters. The highest BCUT2D eigenvalue weighted by atomic mass is 16.5. The minimum absolute atomic E-state index is 0.103. The van der Waals surface area contributed by atoms with E-state index in [-0.39, 0.29) is 18.6 Å². The van der Waals surface area contributed by atoms with Gasteiger partial charge in [0, 0.05) is 13.2 Å². The smallest absolute Gasteiger partial charge is 0.315 e. The molecule has 18 heavy (non-hydrogen) atoms. The number of ether oxygens (including phenoxy) is 1. The van der Waals surface area contributed by atoms with E-state index >= 15 is 0 Å². The lowest BCUT2D eigenvalue weighted by Gasteiger charge is -2.24. The molecule has 3 N–H and O–H groups in total. The number of nitrogens with one attached hydrogen (secondary N) is 2. The summed E-state index contributed by atoms with van der Waals surface area (Å²) in [6, 6.07) is -0.481. The summed E-state index contributed by atoms with van der Waals surface area (Å²) in [7, 11) is 0. The lowest BCUT2D eigenvalue weighted by Crippen LogP contribution is -2.47. The number of hydrogen-bond donors (Lipinski definition) is 3. The fraction of sp³-hybridized carbons (Fsp3) is 0.833. The van der Waals surface area contributed by atoms with Gasteiger partial charge in [0.25, 0.3) is 0 Å². The number of hydrogen-bond acceptors (Lipinski definition) is 3. The van der Waals surface area contributed by atoms with Crippen LogP contribution in [-0.2, 0) is 9.53 Å². The second-order valence-electron chi connectivity index (χ2n) is 4.61. The van der Waals surface area contributed by atoms with Crippen LogP contribution in [0.1, 0.15) is 34.1 Å². The third kappa shape index (κ3) is 5.86. The number of aliphatic carboxylic acids is 1. The lowest BCUT2D eigenvalue weighted by atomic mass is 9.88. The molecular formula is C12H24N2O4. The Labute approximate surface area is 108 Å². The van der Waals surface area contributed by atoms with Crippen molar-refractivity contribution < 1.29 is 19.4 Å². The first kappa shape index (κ1) is 16.7. The van der Waals surface area contributed by atoms with Crippen molar-refractivity contribution >= 4 is 12.0 Å². The monoisotopic (exact) mass is 260 g/mol. The summed E-state index contributed by atoms with van der Waals surface area (Å²) < 4.78 is 5.16. The van der Waals surface area contributed by atoms with Gasteiger partial charge in [0.1, 0.15) is 0 Å². The molecule has 0 rings (SSSR count). The molecule has 6 nitrogen and oxygen atoms in total. The molecule has 0 aromatic carbocycles. The summed E-state index contributed by atoms with van der Waals surface area (Å²) in [6.07, 6.45) is 0.455. The largest absolute Gasteiger partial charge is 0.481 e. The van der Waals surface area contributed by atoms with Crippen LogP contribution in [-0.4, -0.2) is 42.9 Å². The summed E-state index contributed by atoms with van der Waals surface area (Å²) in [5, 5.41) is 14.3. The van der Waals surface area contributed by atoms with E-state index < -0.39 is 11.4 Å². The highest BCUT2D eigenvalue weighted by molar-refractivity contribution is 5.77. The van der Waals surface area contributed by atoms with E-state index in [0.717, 1.165) is 0 Å². The van der Waals surface area contributed by atoms with Crippen LogP contribution in [0.5, 0.6) is 0 Å². The van der Waals surface area contributed by atoms with Gasteiger partial charge in [-0.25, -0.2) is 4.79 Å². The molecular weight excluding hydrogens is 236 g/mol. The standard InChI is InChI=1S/C12H24N2O4/c1-5-12(4,10(15)16)8-13-11(17)14-9(3)7-18-6-2/h9H,5-8H2,1-4H3,(H,15,16)(H2,13,14,17). The predicted octanol–water partition coefficient (Wildman–Crippen LogP) is 1.21. The minimum Gasteiger partial charge on any atom is -0.481 e. The summed E-state index contributed by atoms with van der Waals surface area (Å²) in [5.74, 6) is -0.910. The molecule has 2 amide bonds. The summed E-state index contributed by atoms with van der Waals surface area (Å²) in [4.78, 5) is 22.6. The predicted molar refractivity (Wildman–Crippen MR) is 68.5 cm³/mol. The molecule has 0 fully saturated rings. The summed E-state index contributed by atoms with van der Waals surface area (Å²) in [6.45, 7) is 8.24. The maximum atomic E-state index is 11.5. The van der Waals surface area contributed by atoms with Gasteiger partial charge in [0.2, 0.25) is 0 Å². The van der Waals surface area contributed by atoms with Gasteiger partial charge in [-0.1, -0.05) is 6.92 Å². The van der Waals surface area contributed by atoms with Crippen molar-refractivity contribution in [3.05, 3.63) is 0 Å². The number of carboxylic acid groups (broad SMARTS) is 1. The first-order valence-electron chi connectivity index (χ1n) is 6.21. The van der Waals surface area contributed by atoms with Crippen molar-refractivity contribution in [2.24, 2.45) is 5.41 Å². The number of carboxylic acids is 1. The van der Waals surface area contributed by atoms with Gasteiger partial charge >= 0.3 is 12.0 Å². The average Bonchev–Trinajstić information content (AvgIpc) is 2.33. The molecule has 0 radical (unpaired) electrons. The van der Waals surface area contributed by atoms with Crippen LogP contribution in [0.2, 0.25) is 0 Å². The molecule has 0 aliphatic carbocycles. The van der Waals surface area contributed by atoms with Crippen molar-refractivity contribution in [1.82, 2.24) is 10.6 Å². The van der Waals surface area contributed by atoms with E-state index in [0.29, 0.717) is 19.6 Å². The van der Waals surface area contributed by atoms with E-state index in [1.54, 1.807) is 13.8 Å². The van der Waals surface area contributed by atoms with Crippen molar-refractivity contribution in [2.75, 3.05) is 19.8 Å². The summed E-state index contributed by atoms with van der Waals surface area (Å²) in [5.41, 5.74) is -0.930. The van der Waals surface area contributed by atoms with Crippen LogP contribution in [0.3, 0.4) is 0 Å². The molecule has 0 bridgehead atoms. The van der Waals surface area contributed by atoms with Crippen LogP contribution in [0, 0.1) is 5.41 Å². The van der Waals surface area contributed by atoms with Crippen LogP contribution >= 0.6 is 0 Å². The Hall–Kier alpha value is -1.30. The Kier molecular flexibility index (Phi) is 7.35. The molecule has 0 aliphatic rings. The van der Waals surface area contributed by atoms with Crippen LogP contribution in [0.15, 0.2) is 0 Å². The Morgan fingerprint density at radius 3 is 2.44 bits per heavy atom. The van der Waals surface area contributed by atoms with Gasteiger partial charge in [0.05, 0.1) is 18.1 Å². The fourth-order valence-corrected chi connectivity index (χ4v) is 1.24. The maximum Gasteiger partial charge on any atom is 0.315 e. The van der Waals surface area contributed by atoms with Gasteiger partial charge in [-0.3, -0.25) is 4.79 Å². The number of rotatable bonds is 8. The molecule has 0 spiro atoms. The van der Waals surface area contributed by atoms with E-state index in [9.17, 15) is 9.59 Å². The van der Waals surface area contributed by atoms with E-state index in [2.05, 4.69) is 10.6 Å².